The molecule has 7 heteroatoms. The first-order valence-corrected chi connectivity index (χ1v) is 4.92. The number of carboxylic acids is 1. The molecule has 94 valence electrons. The number of amides is 1. The third-order valence-corrected chi connectivity index (χ3v) is 2.20. The SMILES string of the molecule is COCC(NC(=O)c1c(C)noc1C)C(=O)O. The lowest BCUT2D eigenvalue weighted by atomic mass is 10.2. The molecule has 17 heavy (non-hydrogen) atoms. The number of nitrogens with zero attached hydrogens (tertiary/aromatic N) is 1. The highest BCUT2D eigenvalue weighted by Crippen LogP contribution is 2.11. The van der Waals surface area contributed by atoms with E-state index in [-0.39, 0.29) is 12.2 Å². The van der Waals surface area contributed by atoms with Gasteiger partial charge in [0, 0.05) is 7.11 Å². The molecular weight excluding hydrogens is 228 g/mol. The molecule has 0 spiro atoms. The van der Waals surface area contributed by atoms with Crippen molar-refractivity contribution in [1.82, 2.24) is 10.5 Å². The highest BCUT2D eigenvalue weighted by molar-refractivity contribution is 5.98. The number of aromatic nitrogens is 1. The number of hydrogen-bond acceptors (Lipinski definition) is 5. The Bertz CT molecular complexity index is 407. The maximum Gasteiger partial charge on any atom is 0.328 e. The van der Waals surface area contributed by atoms with Gasteiger partial charge in [0.05, 0.1) is 12.3 Å². The lowest BCUT2D eigenvalue weighted by molar-refractivity contribution is -0.140. The molecule has 1 atom stereocenters. The van der Waals surface area contributed by atoms with Gasteiger partial charge in [-0.2, -0.15) is 0 Å². The van der Waals surface area contributed by atoms with Gasteiger partial charge in [-0.3, -0.25) is 4.79 Å². The van der Waals surface area contributed by atoms with Gasteiger partial charge in [-0.15, -0.1) is 0 Å². The molecule has 1 unspecified atom stereocenters. The zero-order valence-electron chi connectivity index (χ0n) is 9.81. The number of carbonyl (C=O) groups is 2. The van der Waals surface area contributed by atoms with Gasteiger partial charge in [0.15, 0.2) is 6.04 Å². The number of ether oxygens (including phenoxy) is 1. The summed E-state index contributed by atoms with van der Waals surface area (Å²) >= 11 is 0. The molecular formula is C10H14N2O5. The van der Waals surface area contributed by atoms with Crippen molar-refractivity contribution >= 4 is 11.9 Å². The van der Waals surface area contributed by atoms with Gasteiger partial charge in [-0.05, 0) is 13.8 Å². The molecule has 0 fully saturated rings. The van der Waals surface area contributed by atoms with E-state index in [9.17, 15) is 9.59 Å². The topological polar surface area (TPSA) is 102 Å². The van der Waals surface area contributed by atoms with E-state index in [1.807, 2.05) is 0 Å². The first-order valence-electron chi connectivity index (χ1n) is 4.92. The van der Waals surface area contributed by atoms with Crippen molar-refractivity contribution in [3.8, 4) is 0 Å². The molecule has 7 nitrogen and oxygen atoms in total. The van der Waals surface area contributed by atoms with Crippen LogP contribution in [0.4, 0.5) is 0 Å². The number of carboxylic acid groups (broad SMARTS) is 1. The van der Waals surface area contributed by atoms with E-state index in [4.69, 9.17) is 14.4 Å². The Morgan fingerprint density at radius 3 is 2.59 bits per heavy atom. The summed E-state index contributed by atoms with van der Waals surface area (Å²) < 4.78 is 9.54. The summed E-state index contributed by atoms with van der Waals surface area (Å²) in [4.78, 5) is 22.6. The van der Waals surface area contributed by atoms with E-state index in [2.05, 4.69) is 10.5 Å². The monoisotopic (exact) mass is 242 g/mol. The molecule has 2 N–H and O–H groups in total. The number of carbonyl (C=O) groups excluding carboxylic acids is 1. The zero-order valence-corrected chi connectivity index (χ0v) is 9.81. The van der Waals surface area contributed by atoms with Gasteiger partial charge in [0.25, 0.3) is 5.91 Å². The number of methoxy groups -OCH3 is 1. The van der Waals surface area contributed by atoms with Gasteiger partial charge in [-0.25, -0.2) is 4.79 Å². The second-order valence-electron chi connectivity index (χ2n) is 3.52. The lowest BCUT2D eigenvalue weighted by Gasteiger charge is -2.12. The summed E-state index contributed by atoms with van der Waals surface area (Å²) in [6.07, 6.45) is 0. The second kappa shape index (κ2) is 5.44. The summed E-state index contributed by atoms with van der Waals surface area (Å²) in [7, 11) is 1.36. The van der Waals surface area contributed by atoms with E-state index in [0.29, 0.717) is 11.5 Å². The Balaban J connectivity index is 2.81. The molecule has 1 heterocycles. The van der Waals surface area contributed by atoms with Crippen LogP contribution in [0.5, 0.6) is 0 Å². The van der Waals surface area contributed by atoms with Crippen molar-refractivity contribution in [3.63, 3.8) is 0 Å². The van der Waals surface area contributed by atoms with Crippen LogP contribution in [-0.2, 0) is 9.53 Å². The third-order valence-electron chi connectivity index (χ3n) is 2.20. The van der Waals surface area contributed by atoms with Crippen LogP contribution in [0.3, 0.4) is 0 Å². The summed E-state index contributed by atoms with van der Waals surface area (Å²) in [5.74, 6) is -1.35. The van der Waals surface area contributed by atoms with Crippen LogP contribution in [0.25, 0.3) is 0 Å². The molecule has 0 aliphatic carbocycles. The quantitative estimate of drug-likeness (QED) is 0.760. The first kappa shape index (κ1) is 13.2. The standard InChI is InChI=1S/C10H14N2O5/c1-5-8(6(2)17-12-5)9(13)11-7(4-16-3)10(14)15/h7H,4H2,1-3H3,(H,11,13)(H,14,15). The summed E-state index contributed by atoms with van der Waals surface area (Å²) in [5.41, 5.74) is 0.675. The predicted octanol–water partition coefficient (Wildman–Crippen LogP) is 0.121. The van der Waals surface area contributed by atoms with E-state index >= 15 is 0 Å². The Labute approximate surface area is 97.7 Å². The summed E-state index contributed by atoms with van der Waals surface area (Å²) in [5, 5.41) is 14.8. The average Bonchev–Trinajstić information content (AvgIpc) is 2.57. The summed E-state index contributed by atoms with van der Waals surface area (Å²) in [6.45, 7) is 3.09. The van der Waals surface area contributed by atoms with Crippen molar-refractivity contribution in [3.05, 3.63) is 17.0 Å². The smallest absolute Gasteiger partial charge is 0.328 e. The number of hydrogen-bond donors (Lipinski definition) is 2. The van der Waals surface area contributed by atoms with Gasteiger partial charge in [0.1, 0.15) is 11.3 Å². The summed E-state index contributed by atoms with van der Waals surface area (Å²) in [6, 6.07) is -1.10. The Morgan fingerprint density at radius 2 is 2.18 bits per heavy atom. The fourth-order valence-electron chi connectivity index (χ4n) is 1.38. The van der Waals surface area contributed by atoms with Gasteiger partial charge in [-0.1, -0.05) is 5.16 Å². The van der Waals surface area contributed by atoms with E-state index in [1.165, 1.54) is 7.11 Å². The van der Waals surface area contributed by atoms with E-state index < -0.39 is 17.9 Å². The number of aliphatic carboxylic acids is 1. The van der Waals surface area contributed by atoms with Crippen LogP contribution in [0.15, 0.2) is 4.52 Å². The zero-order chi connectivity index (χ0) is 13.0. The van der Waals surface area contributed by atoms with Crippen molar-refractivity contribution in [2.24, 2.45) is 0 Å². The van der Waals surface area contributed by atoms with Crippen molar-refractivity contribution in [1.29, 1.82) is 0 Å². The van der Waals surface area contributed by atoms with Crippen LogP contribution in [0.2, 0.25) is 0 Å². The first-order chi connectivity index (χ1) is 7.97. The lowest BCUT2D eigenvalue weighted by Crippen LogP contribution is -2.44. The van der Waals surface area contributed by atoms with Crippen LogP contribution in [0.1, 0.15) is 21.8 Å². The van der Waals surface area contributed by atoms with Gasteiger partial charge >= 0.3 is 5.97 Å². The normalized spacial score (nSPS) is 12.2. The maximum atomic E-state index is 11.8. The average molecular weight is 242 g/mol. The van der Waals surface area contributed by atoms with Gasteiger partial charge < -0.3 is 19.7 Å². The second-order valence-corrected chi connectivity index (χ2v) is 3.52. The van der Waals surface area contributed by atoms with E-state index in [1.54, 1.807) is 13.8 Å². The molecule has 1 aromatic heterocycles. The Kier molecular flexibility index (Phi) is 4.22. The van der Waals surface area contributed by atoms with Crippen LogP contribution < -0.4 is 5.32 Å². The van der Waals surface area contributed by atoms with Crippen LogP contribution in [0, 0.1) is 13.8 Å². The highest BCUT2D eigenvalue weighted by atomic mass is 16.5. The predicted molar refractivity (Wildman–Crippen MR) is 56.7 cm³/mol. The molecule has 0 radical (unpaired) electrons. The van der Waals surface area contributed by atoms with Crippen LogP contribution in [-0.4, -0.2) is 41.9 Å². The number of rotatable bonds is 5. The molecule has 0 saturated carbocycles. The van der Waals surface area contributed by atoms with E-state index in [0.717, 1.165) is 0 Å². The van der Waals surface area contributed by atoms with Crippen molar-refractivity contribution in [2.45, 2.75) is 19.9 Å². The fourth-order valence-corrected chi connectivity index (χ4v) is 1.38. The van der Waals surface area contributed by atoms with Crippen molar-refractivity contribution < 1.29 is 24.0 Å². The maximum absolute atomic E-state index is 11.8. The minimum Gasteiger partial charge on any atom is -0.480 e. The minimum absolute atomic E-state index is 0.107. The molecule has 0 aliphatic rings. The highest BCUT2D eigenvalue weighted by Gasteiger charge is 2.24. The molecule has 0 saturated heterocycles. The van der Waals surface area contributed by atoms with Crippen molar-refractivity contribution in [2.75, 3.05) is 13.7 Å². The molecule has 0 aromatic carbocycles. The van der Waals surface area contributed by atoms with Crippen LogP contribution >= 0.6 is 0 Å². The molecule has 1 rings (SSSR count). The Hall–Kier alpha value is -1.89. The number of nitrogens with one attached hydrogen (secondary N) is 1. The molecule has 1 aromatic rings. The molecule has 0 bridgehead atoms. The number of aryl methyl sites for hydroxylation is 2. The fraction of sp³-hybridized carbons (Fsp3) is 0.500. The Morgan fingerprint density at radius 1 is 1.53 bits per heavy atom. The molecule has 0 aliphatic heterocycles. The minimum atomic E-state index is -1.16. The largest absolute Gasteiger partial charge is 0.480 e. The van der Waals surface area contributed by atoms with Gasteiger partial charge in [0.2, 0.25) is 0 Å². The third kappa shape index (κ3) is 3.04. The molecule has 1 amide bonds.